The van der Waals surface area contributed by atoms with E-state index >= 15 is 0 Å². The molecule has 0 fully saturated rings. The summed E-state index contributed by atoms with van der Waals surface area (Å²) in [6.07, 6.45) is 0.266. The molecule has 0 saturated heterocycles. The molecule has 3 aromatic rings. The van der Waals surface area contributed by atoms with Gasteiger partial charge in [0.2, 0.25) is 0 Å². The number of rotatable bonds is 9. The molecule has 148 valence electrons. The molecule has 4 nitrogen and oxygen atoms in total. The van der Waals surface area contributed by atoms with Gasteiger partial charge < -0.3 is 19.9 Å². The largest absolute Gasteiger partial charge is 0.497 e. The molecule has 0 heterocycles. The molecule has 2 N–H and O–H groups in total. The van der Waals surface area contributed by atoms with Gasteiger partial charge in [0, 0.05) is 17.5 Å². The lowest BCUT2D eigenvalue weighted by Crippen LogP contribution is -2.46. The van der Waals surface area contributed by atoms with Crippen molar-refractivity contribution < 1.29 is 14.6 Å². The summed E-state index contributed by atoms with van der Waals surface area (Å²) >= 11 is 0. The van der Waals surface area contributed by atoms with Crippen molar-refractivity contribution in [1.29, 1.82) is 0 Å². The van der Waals surface area contributed by atoms with Crippen LogP contribution in [0.15, 0.2) is 66.7 Å². The Hall–Kier alpha value is -2.56. The molecule has 3 aromatic carbocycles. The Labute approximate surface area is 167 Å². The fourth-order valence-corrected chi connectivity index (χ4v) is 3.28. The van der Waals surface area contributed by atoms with Crippen molar-refractivity contribution in [3.05, 3.63) is 72.3 Å². The van der Waals surface area contributed by atoms with Gasteiger partial charge in [-0.15, -0.1) is 0 Å². The highest BCUT2D eigenvalue weighted by atomic mass is 16.5. The van der Waals surface area contributed by atoms with Gasteiger partial charge in [-0.25, -0.2) is 0 Å². The Kier molecular flexibility index (Phi) is 6.55. The van der Waals surface area contributed by atoms with Gasteiger partial charge in [-0.2, -0.15) is 0 Å². The second-order valence-electron chi connectivity index (χ2n) is 7.73. The van der Waals surface area contributed by atoms with Crippen LogP contribution in [-0.4, -0.2) is 37.0 Å². The normalized spacial score (nSPS) is 12.7. The maximum Gasteiger partial charge on any atom is 0.127 e. The first-order chi connectivity index (χ1) is 13.5. The first-order valence-corrected chi connectivity index (χ1v) is 9.63. The van der Waals surface area contributed by atoms with E-state index in [9.17, 15) is 5.11 Å². The van der Waals surface area contributed by atoms with Crippen LogP contribution < -0.4 is 14.8 Å². The fraction of sp³-hybridized carbons (Fsp3) is 0.333. The maximum atomic E-state index is 10.4. The van der Waals surface area contributed by atoms with Crippen molar-refractivity contribution in [1.82, 2.24) is 5.32 Å². The van der Waals surface area contributed by atoms with Crippen LogP contribution in [0.2, 0.25) is 0 Å². The Morgan fingerprint density at radius 3 is 2.43 bits per heavy atom. The third-order valence-electron chi connectivity index (χ3n) is 4.80. The maximum absolute atomic E-state index is 10.4. The van der Waals surface area contributed by atoms with Crippen LogP contribution >= 0.6 is 0 Å². The summed E-state index contributed by atoms with van der Waals surface area (Å²) in [5.41, 5.74) is 1.08. The highest BCUT2D eigenvalue weighted by Crippen LogP contribution is 2.25. The molecule has 0 saturated carbocycles. The van der Waals surface area contributed by atoms with E-state index in [-0.39, 0.29) is 12.1 Å². The van der Waals surface area contributed by atoms with Crippen molar-refractivity contribution in [3.8, 4) is 11.5 Å². The molecule has 0 aliphatic carbocycles. The van der Waals surface area contributed by atoms with E-state index < -0.39 is 6.10 Å². The number of fused-ring (bicyclic) bond motifs is 1. The van der Waals surface area contributed by atoms with E-state index in [1.165, 1.54) is 5.56 Å². The zero-order chi connectivity index (χ0) is 20.0. The number of benzene rings is 3. The van der Waals surface area contributed by atoms with Gasteiger partial charge in [0.1, 0.15) is 24.2 Å². The second-order valence-corrected chi connectivity index (χ2v) is 7.73. The minimum absolute atomic E-state index is 0.144. The Balaban J connectivity index is 1.50. The average Bonchev–Trinajstić information content (AvgIpc) is 2.71. The number of nitrogens with one attached hydrogen (secondary N) is 1. The van der Waals surface area contributed by atoms with Crippen LogP contribution in [0.1, 0.15) is 19.4 Å². The summed E-state index contributed by atoms with van der Waals surface area (Å²) < 4.78 is 11.1. The third-order valence-corrected chi connectivity index (χ3v) is 4.80. The number of hydrogen-bond acceptors (Lipinski definition) is 4. The quantitative estimate of drug-likeness (QED) is 0.585. The van der Waals surface area contributed by atoms with Crippen LogP contribution in [-0.2, 0) is 6.42 Å². The molecular formula is C24H29NO3. The third kappa shape index (κ3) is 5.47. The summed E-state index contributed by atoms with van der Waals surface area (Å²) in [4.78, 5) is 0. The highest BCUT2D eigenvalue weighted by Gasteiger charge is 2.19. The van der Waals surface area contributed by atoms with Crippen LogP contribution in [0, 0.1) is 0 Å². The molecule has 1 atom stereocenters. The summed E-state index contributed by atoms with van der Waals surface area (Å²) in [5.74, 6) is 1.66. The standard InChI is InChI=1S/C24H29NO3/c1-24(2,15-18-11-13-21(27-3)14-12-18)25-16-20(26)17-28-23-10-6-8-19-7-4-5-9-22(19)23/h4-14,20,25-26H,15-17H2,1-3H3/t20-/m1/s1. The Morgan fingerprint density at radius 2 is 1.68 bits per heavy atom. The lowest BCUT2D eigenvalue weighted by Gasteiger charge is -2.28. The monoisotopic (exact) mass is 379 g/mol. The minimum atomic E-state index is -0.589. The molecule has 0 aliphatic heterocycles. The molecule has 3 rings (SSSR count). The molecule has 4 heteroatoms. The molecule has 0 spiro atoms. The van der Waals surface area contributed by atoms with E-state index in [1.54, 1.807) is 7.11 Å². The van der Waals surface area contributed by atoms with Gasteiger partial charge in [0.15, 0.2) is 0 Å². The lowest BCUT2D eigenvalue weighted by molar-refractivity contribution is 0.0996. The van der Waals surface area contributed by atoms with Crippen LogP contribution in [0.4, 0.5) is 0 Å². The smallest absolute Gasteiger partial charge is 0.127 e. The van der Waals surface area contributed by atoms with Gasteiger partial charge in [-0.1, -0.05) is 48.5 Å². The Morgan fingerprint density at radius 1 is 0.964 bits per heavy atom. The number of ether oxygens (including phenoxy) is 2. The van der Waals surface area contributed by atoms with Crippen molar-refractivity contribution in [2.24, 2.45) is 0 Å². The first-order valence-electron chi connectivity index (χ1n) is 9.63. The van der Waals surface area contributed by atoms with Crippen molar-refractivity contribution in [2.45, 2.75) is 31.9 Å². The zero-order valence-electron chi connectivity index (χ0n) is 16.8. The molecule has 28 heavy (non-hydrogen) atoms. The van der Waals surface area contributed by atoms with Crippen molar-refractivity contribution in [3.63, 3.8) is 0 Å². The van der Waals surface area contributed by atoms with Gasteiger partial charge in [-0.05, 0) is 49.4 Å². The SMILES string of the molecule is COc1ccc(CC(C)(C)NC[C@@H](O)COc2cccc3ccccc23)cc1. The van der Waals surface area contributed by atoms with E-state index in [4.69, 9.17) is 9.47 Å². The van der Waals surface area contributed by atoms with Crippen molar-refractivity contribution >= 4 is 10.8 Å². The van der Waals surface area contributed by atoms with E-state index in [0.29, 0.717) is 6.54 Å². The molecule has 0 bridgehead atoms. The van der Waals surface area contributed by atoms with Crippen molar-refractivity contribution in [2.75, 3.05) is 20.3 Å². The van der Waals surface area contributed by atoms with Crippen LogP contribution in [0.25, 0.3) is 10.8 Å². The van der Waals surface area contributed by atoms with E-state index in [1.807, 2.05) is 42.5 Å². The average molecular weight is 380 g/mol. The molecule has 0 aromatic heterocycles. The van der Waals surface area contributed by atoms with Gasteiger partial charge in [0.05, 0.1) is 7.11 Å². The molecule has 0 aliphatic rings. The van der Waals surface area contributed by atoms with Crippen LogP contribution in [0.3, 0.4) is 0 Å². The predicted molar refractivity (Wildman–Crippen MR) is 114 cm³/mol. The molecule has 0 unspecified atom stereocenters. The summed E-state index contributed by atoms with van der Waals surface area (Å²) in [7, 11) is 1.67. The highest BCUT2D eigenvalue weighted by molar-refractivity contribution is 5.88. The number of aliphatic hydroxyl groups excluding tert-OH is 1. The van der Waals surface area contributed by atoms with E-state index in [2.05, 4.69) is 43.4 Å². The Bertz CT molecular complexity index is 885. The van der Waals surface area contributed by atoms with Gasteiger partial charge in [0.25, 0.3) is 0 Å². The molecule has 0 amide bonds. The minimum Gasteiger partial charge on any atom is -0.497 e. The number of aliphatic hydroxyl groups is 1. The number of β-amino-alcohol motifs (C(OH)–C–C–N with tert-alkyl or cyclic N) is 1. The summed E-state index contributed by atoms with van der Waals surface area (Å²) in [6.45, 7) is 4.98. The van der Waals surface area contributed by atoms with Gasteiger partial charge >= 0.3 is 0 Å². The predicted octanol–water partition coefficient (Wildman–Crippen LogP) is 4.20. The summed E-state index contributed by atoms with van der Waals surface area (Å²) in [6, 6.07) is 22.2. The van der Waals surface area contributed by atoms with Crippen LogP contribution in [0.5, 0.6) is 11.5 Å². The summed E-state index contributed by atoms with van der Waals surface area (Å²) in [5, 5.41) is 16.0. The number of hydrogen-bond donors (Lipinski definition) is 2. The van der Waals surface area contributed by atoms with E-state index in [0.717, 1.165) is 28.7 Å². The lowest BCUT2D eigenvalue weighted by atomic mass is 9.94. The molecule has 0 radical (unpaired) electrons. The second kappa shape index (κ2) is 9.09. The first kappa shape index (κ1) is 20.2. The number of methoxy groups -OCH3 is 1. The fourth-order valence-electron chi connectivity index (χ4n) is 3.28. The molecular weight excluding hydrogens is 350 g/mol. The topological polar surface area (TPSA) is 50.7 Å². The van der Waals surface area contributed by atoms with Gasteiger partial charge in [-0.3, -0.25) is 0 Å². The zero-order valence-corrected chi connectivity index (χ0v) is 16.8.